The van der Waals surface area contributed by atoms with Crippen molar-refractivity contribution in [1.82, 2.24) is 9.55 Å². The van der Waals surface area contributed by atoms with Gasteiger partial charge in [-0.3, -0.25) is 9.36 Å². The maximum Gasteiger partial charge on any atom is 0.300 e. The first-order chi connectivity index (χ1) is 6.20. The van der Waals surface area contributed by atoms with Crippen LogP contribution in [0.2, 0.25) is 0 Å². The normalized spacial score (nSPS) is 19.7. The van der Waals surface area contributed by atoms with Gasteiger partial charge in [0.05, 0.1) is 6.54 Å². The number of alkyl halides is 1. The number of nitrogens with zero attached hydrogens (tertiary/aromatic N) is 2. The predicted molar refractivity (Wildman–Crippen MR) is 51.4 cm³/mol. The number of hydrogen-bond acceptors (Lipinski definition) is 3. The van der Waals surface area contributed by atoms with Crippen molar-refractivity contribution >= 4 is 15.9 Å². The number of fused-ring (bicyclic) bond motifs is 1. The first-order valence-electron chi connectivity index (χ1n) is 4.01. The molecule has 2 heterocycles. The average molecular weight is 245 g/mol. The molecule has 4 nitrogen and oxygen atoms in total. The zero-order valence-corrected chi connectivity index (χ0v) is 8.74. The second-order valence-electron chi connectivity index (χ2n) is 3.06. The number of halogens is 1. The highest BCUT2D eigenvalue weighted by Crippen LogP contribution is 2.18. The minimum absolute atomic E-state index is 0.0914. The Morgan fingerprint density at radius 1 is 1.85 bits per heavy atom. The van der Waals surface area contributed by atoms with E-state index in [1.807, 2.05) is 4.57 Å². The van der Waals surface area contributed by atoms with Crippen molar-refractivity contribution in [2.24, 2.45) is 0 Å². The van der Waals surface area contributed by atoms with Crippen LogP contribution < -0.4 is 10.3 Å². The summed E-state index contributed by atoms with van der Waals surface area (Å²) in [4.78, 5) is 15.0. The molecule has 0 saturated heterocycles. The summed E-state index contributed by atoms with van der Waals surface area (Å²) in [5, 5.41) is 0.754. The van der Waals surface area contributed by atoms with Crippen LogP contribution in [0.25, 0.3) is 0 Å². The second-order valence-corrected chi connectivity index (χ2v) is 3.71. The van der Waals surface area contributed by atoms with Gasteiger partial charge in [0, 0.05) is 17.1 Å². The van der Waals surface area contributed by atoms with Crippen molar-refractivity contribution in [1.29, 1.82) is 0 Å². The van der Waals surface area contributed by atoms with Gasteiger partial charge in [-0.05, 0) is 6.92 Å². The summed E-state index contributed by atoms with van der Waals surface area (Å²) in [7, 11) is 0. The molecule has 0 N–H and O–H groups in total. The molecule has 0 bridgehead atoms. The molecule has 1 aromatic rings. The van der Waals surface area contributed by atoms with Crippen molar-refractivity contribution in [3.63, 3.8) is 0 Å². The van der Waals surface area contributed by atoms with Crippen LogP contribution in [-0.4, -0.2) is 21.0 Å². The Morgan fingerprint density at radius 3 is 3.31 bits per heavy atom. The van der Waals surface area contributed by atoms with Crippen LogP contribution in [0.1, 0.15) is 5.56 Å². The molecule has 1 aliphatic heterocycles. The molecule has 1 aliphatic rings. The van der Waals surface area contributed by atoms with E-state index in [0.29, 0.717) is 11.6 Å². The highest BCUT2D eigenvalue weighted by Gasteiger charge is 2.22. The molecule has 0 saturated carbocycles. The van der Waals surface area contributed by atoms with E-state index in [9.17, 15) is 4.79 Å². The summed E-state index contributed by atoms with van der Waals surface area (Å²) in [5.74, 6) is 0. The Morgan fingerprint density at radius 2 is 2.62 bits per heavy atom. The first kappa shape index (κ1) is 8.74. The zero-order chi connectivity index (χ0) is 9.42. The molecule has 0 spiro atoms. The van der Waals surface area contributed by atoms with Gasteiger partial charge < -0.3 is 4.74 Å². The van der Waals surface area contributed by atoms with Gasteiger partial charge in [-0.2, -0.15) is 4.98 Å². The van der Waals surface area contributed by atoms with Gasteiger partial charge in [0.25, 0.3) is 11.6 Å². The minimum Gasteiger partial charge on any atom is -0.458 e. The summed E-state index contributed by atoms with van der Waals surface area (Å²) in [5.41, 5.74) is 0.448. The van der Waals surface area contributed by atoms with Crippen LogP contribution in [0, 0.1) is 6.92 Å². The van der Waals surface area contributed by atoms with Crippen LogP contribution >= 0.6 is 15.9 Å². The van der Waals surface area contributed by atoms with Crippen molar-refractivity contribution in [3.05, 3.63) is 22.1 Å². The van der Waals surface area contributed by atoms with Gasteiger partial charge >= 0.3 is 0 Å². The SMILES string of the molecule is Cc1cn2c(nc1=O)OC(CBr)C2. The molecule has 1 aromatic heterocycles. The average Bonchev–Trinajstić information content (AvgIpc) is 2.48. The van der Waals surface area contributed by atoms with Crippen LogP contribution in [0.3, 0.4) is 0 Å². The Bertz CT molecular complexity index is 388. The first-order valence-corrected chi connectivity index (χ1v) is 5.13. The molecule has 0 aliphatic carbocycles. The Balaban J connectivity index is 2.42. The molecule has 1 atom stereocenters. The Kier molecular flexibility index (Phi) is 2.11. The van der Waals surface area contributed by atoms with Gasteiger partial charge in [-0.15, -0.1) is 0 Å². The zero-order valence-electron chi connectivity index (χ0n) is 7.16. The number of aryl methyl sites for hydroxylation is 1. The fraction of sp³-hybridized carbons (Fsp3) is 0.500. The summed E-state index contributed by atoms with van der Waals surface area (Å²) in [6.07, 6.45) is 1.88. The van der Waals surface area contributed by atoms with Gasteiger partial charge in [0.2, 0.25) is 0 Å². The predicted octanol–water partition coefficient (Wildman–Crippen LogP) is 0.708. The van der Waals surface area contributed by atoms with E-state index in [-0.39, 0.29) is 11.7 Å². The Labute approximate surface area is 83.7 Å². The van der Waals surface area contributed by atoms with Crippen LogP contribution in [0.5, 0.6) is 6.01 Å². The third kappa shape index (κ3) is 1.48. The highest BCUT2D eigenvalue weighted by molar-refractivity contribution is 9.09. The summed E-state index contributed by atoms with van der Waals surface area (Å²) in [6, 6.07) is 0.431. The number of rotatable bonds is 1. The maximum atomic E-state index is 11.2. The number of hydrogen-bond donors (Lipinski definition) is 0. The quantitative estimate of drug-likeness (QED) is 0.684. The Hall–Kier alpha value is -0.840. The standard InChI is InChI=1S/C8H9BrN2O2/c1-5-3-11-4-6(2-9)13-8(11)10-7(5)12/h3,6H,2,4H2,1H3. The molecular formula is C8H9BrN2O2. The summed E-state index contributed by atoms with van der Waals surface area (Å²) in [6.45, 7) is 2.51. The summed E-state index contributed by atoms with van der Waals surface area (Å²) >= 11 is 3.33. The van der Waals surface area contributed by atoms with Gasteiger partial charge in [-0.1, -0.05) is 15.9 Å². The summed E-state index contributed by atoms with van der Waals surface area (Å²) < 4.78 is 7.26. The molecule has 0 radical (unpaired) electrons. The largest absolute Gasteiger partial charge is 0.458 e. The van der Waals surface area contributed by atoms with Crippen LogP contribution in [0.4, 0.5) is 0 Å². The van der Waals surface area contributed by atoms with E-state index in [2.05, 4.69) is 20.9 Å². The third-order valence-electron chi connectivity index (χ3n) is 1.97. The van der Waals surface area contributed by atoms with E-state index in [1.54, 1.807) is 13.1 Å². The molecule has 0 fully saturated rings. The minimum atomic E-state index is -0.207. The van der Waals surface area contributed by atoms with Crippen molar-refractivity contribution in [2.75, 3.05) is 5.33 Å². The van der Waals surface area contributed by atoms with Crippen molar-refractivity contribution in [2.45, 2.75) is 19.6 Å². The maximum absolute atomic E-state index is 11.2. The van der Waals surface area contributed by atoms with Crippen molar-refractivity contribution < 1.29 is 4.74 Å². The molecular weight excluding hydrogens is 236 g/mol. The molecule has 5 heteroatoms. The highest BCUT2D eigenvalue weighted by atomic mass is 79.9. The van der Waals surface area contributed by atoms with Crippen LogP contribution in [-0.2, 0) is 6.54 Å². The lowest BCUT2D eigenvalue weighted by Crippen LogP contribution is -2.15. The monoisotopic (exact) mass is 244 g/mol. The van der Waals surface area contributed by atoms with E-state index in [4.69, 9.17) is 4.74 Å². The van der Waals surface area contributed by atoms with Gasteiger partial charge in [-0.25, -0.2) is 0 Å². The van der Waals surface area contributed by atoms with Crippen LogP contribution in [0.15, 0.2) is 11.0 Å². The fourth-order valence-electron chi connectivity index (χ4n) is 1.29. The van der Waals surface area contributed by atoms with E-state index in [0.717, 1.165) is 11.9 Å². The topological polar surface area (TPSA) is 44.1 Å². The lowest BCUT2D eigenvalue weighted by Gasteiger charge is -2.01. The smallest absolute Gasteiger partial charge is 0.300 e. The molecule has 13 heavy (non-hydrogen) atoms. The lowest BCUT2D eigenvalue weighted by atomic mass is 10.4. The molecule has 0 aromatic carbocycles. The molecule has 0 amide bonds. The second kappa shape index (κ2) is 3.14. The number of ether oxygens (including phenoxy) is 1. The number of aromatic nitrogens is 2. The van der Waals surface area contributed by atoms with Gasteiger partial charge in [0.15, 0.2) is 0 Å². The third-order valence-corrected chi connectivity index (χ3v) is 2.70. The van der Waals surface area contributed by atoms with Gasteiger partial charge in [0.1, 0.15) is 6.10 Å². The molecule has 2 rings (SSSR count). The van der Waals surface area contributed by atoms with E-state index < -0.39 is 0 Å². The van der Waals surface area contributed by atoms with Crippen molar-refractivity contribution in [3.8, 4) is 6.01 Å². The van der Waals surface area contributed by atoms with E-state index in [1.165, 1.54) is 0 Å². The van der Waals surface area contributed by atoms with E-state index >= 15 is 0 Å². The molecule has 1 unspecified atom stereocenters. The lowest BCUT2D eigenvalue weighted by molar-refractivity contribution is 0.251. The molecule has 70 valence electrons. The fourth-order valence-corrected chi connectivity index (χ4v) is 1.63.